The average Bonchev–Trinajstić information content (AvgIpc) is 3.00. The van der Waals surface area contributed by atoms with Crippen molar-refractivity contribution in [2.24, 2.45) is 0 Å². The third-order valence-corrected chi connectivity index (χ3v) is 6.67. The summed E-state index contributed by atoms with van der Waals surface area (Å²) >= 11 is 0. The van der Waals surface area contributed by atoms with Crippen molar-refractivity contribution < 1.29 is 13.5 Å². The summed E-state index contributed by atoms with van der Waals surface area (Å²) in [7, 11) is -3.56. The van der Waals surface area contributed by atoms with E-state index in [1.165, 1.54) is 10.6 Å². The number of fused-ring (bicyclic) bond motifs is 3. The maximum absolute atomic E-state index is 12.6. The predicted molar refractivity (Wildman–Crippen MR) is 124 cm³/mol. The zero-order valence-electron chi connectivity index (χ0n) is 17.4. The van der Waals surface area contributed by atoms with Crippen molar-refractivity contribution in [1.82, 2.24) is 4.57 Å². The zero-order chi connectivity index (χ0) is 21.5. The molecule has 1 aromatic heterocycles. The van der Waals surface area contributed by atoms with Crippen LogP contribution in [0.2, 0.25) is 0 Å². The van der Waals surface area contributed by atoms with Gasteiger partial charge in [0.25, 0.3) is 0 Å². The second kappa shape index (κ2) is 7.78. The Hall–Kier alpha value is -2.83. The van der Waals surface area contributed by atoms with Gasteiger partial charge in [-0.05, 0) is 37.1 Å². The Morgan fingerprint density at radius 3 is 1.87 bits per heavy atom. The first kappa shape index (κ1) is 20.4. The molecule has 1 heterocycles. The number of aromatic nitrogens is 1. The SMILES string of the molecule is Cc1cccc(C)c1N(C[C@H](O)Cn1c2ccccc2c2ccccc21)S(C)(=O)=O. The second-order valence-corrected chi connectivity index (χ2v) is 9.74. The van der Waals surface area contributed by atoms with Crippen LogP contribution in [0.5, 0.6) is 0 Å². The summed E-state index contributed by atoms with van der Waals surface area (Å²) in [5.41, 5.74) is 4.42. The van der Waals surface area contributed by atoms with Crippen molar-refractivity contribution in [3.05, 3.63) is 77.9 Å². The summed E-state index contributed by atoms with van der Waals surface area (Å²) in [6, 6.07) is 21.8. The number of benzene rings is 3. The van der Waals surface area contributed by atoms with E-state index in [0.29, 0.717) is 12.2 Å². The van der Waals surface area contributed by atoms with Gasteiger partial charge in [0.1, 0.15) is 0 Å². The smallest absolute Gasteiger partial charge is 0.232 e. The fraction of sp³-hybridized carbons (Fsp3) is 0.250. The molecule has 0 saturated carbocycles. The molecule has 4 rings (SSSR count). The lowest BCUT2D eigenvalue weighted by Crippen LogP contribution is -2.39. The minimum absolute atomic E-state index is 0.00857. The second-order valence-electron chi connectivity index (χ2n) is 7.83. The van der Waals surface area contributed by atoms with Crippen LogP contribution < -0.4 is 4.31 Å². The van der Waals surface area contributed by atoms with E-state index in [2.05, 4.69) is 16.7 Å². The minimum Gasteiger partial charge on any atom is -0.389 e. The lowest BCUT2D eigenvalue weighted by molar-refractivity contribution is 0.166. The van der Waals surface area contributed by atoms with E-state index in [0.717, 1.165) is 32.9 Å². The molecule has 0 aliphatic rings. The van der Waals surface area contributed by atoms with E-state index < -0.39 is 16.1 Å². The van der Waals surface area contributed by atoms with Gasteiger partial charge < -0.3 is 9.67 Å². The maximum atomic E-state index is 12.6. The van der Waals surface area contributed by atoms with Crippen LogP contribution in [-0.4, -0.2) is 37.0 Å². The normalized spacial score (nSPS) is 13.1. The van der Waals surface area contributed by atoms with Gasteiger partial charge in [-0.1, -0.05) is 54.6 Å². The molecule has 0 amide bonds. The maximum Gasteiger partial charge on any atom is 0.232 e. The van der Waals surface area contributed by atoms with E-state index in [4.69, 9.17) is 0 Å². The van der Waals surface area contributed by atoms with E-state index >= 15 is 0 Å². The largest absolute Gasteiger partial charge is 0.389 e. The summed E-state index contributed by atoms with van der Waals surface area (Å²) < 4.78 is 28.6. The molecule has 1 N–H and O–H groups in total. The fourth-order valence-electron chi connectivity index (χ4n) is 4.25. The molecule has 0 aliphatic carbocycles. The number of para-hydroxylation sites is 3. The van der Waals surface area contributed by atoms with Gasteiger partial charge in [-0.15, -0.1) is 0 Å². The number of hydrogen-bond donors (Lipinski definition) is 1. The summed E-state index contributed by atoms with van der Waals surface area (Å²) in [6.45, 7) is 4.07. The van der Waals surface area contributed by atoms with Gasteiger partial charge in [0, 0.05) is 21.8 Å². The summed E-state index contributed by atoms with van der Waals surface area (Å²) in [5.74, 6) is 0. The number of aliphatic hydroxyl groups excluding tert-OH is 1. The van der Waals surface area contributed by atoms with Crippen LogP contribution in [0.3, 0.4) is 0 Å². The molecular weight excluding hydrogens is 396 g/mol. The van der Waals surface area contributed by atoms with Crippen LogP contribution in [0.15, 0.2) is 66.7 Å². The molecule has 0 bridgehead atoms. The molecule has 5 nitrogen and oxygen atoms in total. The summed E-state index contributed by atoms with van der Waals surface area (Å²) in [4.78, 5) is 0. The van der Waals surface area contributed by atoms with Crippen molar-refractivity contribution in [2.45, 2.75) is 26.5 Å². The van der Waals surface area contributed by atoms with Crippen molar-refractivity contribution in [1.29, 1.82) is 0 Å². The molecule has 0 aliphatic heterocycles. The van der Waals surface area contributed by atoms with Gasteiger partial charge in [0.05, 0.1) is 31.1 Å². The monoisotopic (exact) mass is 422 g/mol. The Kier molecular flexibility index (Phi) is 5.30. The van der Waals surface area contributed by atoms with Crippen LogP contribution in [0, 0.1) is 13.8 Å². The molecule has 4 aromatic rings. The number of anilines is 1. The topological polar surface area (TPSA) is 62.5 Å². The van der Waals surface area contributed by atoms with E-state index in [9.17, 15) is 13.5 Å². The van der Waals surface area contributed by atoms with Crippen molar-refractivity contribution in [3.8, 4) is 0 Å². The number of hydrogen-bond acceptors (Lipinski definition) is 3. The number of nitrogens with zero attached hydrogens (tertiary/aromatic N) is 2. The van der Waals surface area contributed by atoms with Crippen LogP contribution in [0.1, 0.15) is 11.1 Å². The quantitative estimate of drug-likeness (QED) is 0.506. The van der Waals surface area contributed by atoms with Gasteiger partial charge in [0.15, 0.2) is 0 Å². The molecule has 0 radical (unpaired) electrons. The summed E-state index contributed by atoms with van der Waals surface area (Å²) in [5, 5.41) is 13.2. The van der Waals surface area contributed by atoms with Crippen LogP contribution in [0.25, 0.3) is 21.8 Å². The molecule has 0 unspecified atom stereocenters. The van der Waals surface area contributed by atoms with Crippen molar-refractivity contribution >= 4 is 37.5 Å². The molecule has 6 heteroatoms. The molecule has 1 atom stereocenters. The molecule has 30 heavy (non-hydrogen) atoms. The van der Waals surface area contributed by atoms with E-state index in [1.807, 2.05) is 68.4 Å². The van der Waals surface area contributed by atoms with E-state index in [-0.39, 0.29) is 6.54 Å². The fourth-order valence-corrected chi connectivity index (χ4v) is 5.31. The highest BCUT2D eigenvalue weighted by Gasteiger charge is 2.25. The molecular formula is C24H26N2O3S. The lowest BCUT2D eigenvalue weighted by Gasteiger charge is -2.28. The molecule has 0 spiro atoms. The number of sulfonamides is 1. The third kappa shape index (κ3) is 3.68. The average molecular weight is 423 g/mol. The number of aryl methyl sites for hydroxylation is 2. The lowest BCUT2D eigenvalue weighted by atomic mass is 10.1. The van der Waals surface area contributed by atoms with Crippen molar-refractivity contribution in [3.63, 3.8) is 0 Å². The first-order chi connectivity index (χ1) is 14.3. The summed E-state index contributed by atoms with van der Waals surface area (Å²) in [6.07, 6.45) is 0.310. The van der Waals surface area contributed by atoms with Crippen molar-refractivity contribution in [2.75, 3.05) is 17.1 Å². The number of aliphatic hydroxyl groups is 1. The van der Waals surface area contributed by atoms with Gasteiger partial charge in [0.2, 0.25) is 10.0 Å². The van der Waals surface area contributed by atoms with Crippen LogP contribution >= 0.6 is 0 Å². The van der Waals surface area contributed by atoms with E-state index in [1.54, 1.807) is 0 Å². The van der Waals surface area contributed by atoms with Crippen LogP contribution in [-0.2, 0) is 16.6 Å². The zero-order valence-corrected chi connectivity index (χ0v) is 18.2. The van der Waals surface area contributed by atoms with Gasteiger partial charge in [-0.25, -0.2) is 8.42 Å². The molecule has 0 fully saturated rings. The highest BCUT2D eigenvalue weighted by molar-refractivity contribution is 7.92. The molecule has 3 aromatic carbocycles. The van der Waals surface area contributed by atoms with Gasteiger partial charge >= 0.3 is 0 Å². The van der Waals surface area contributed by atoms with Crippen LogP contribution in [0.4, 0.5) is 5.69 Å². The highest BCUT2D eigenvalue weighted by Crippen LogP contribution is 2.30. The highest BCUT2D eigenvalue weighted by atomic mass is 32.2. The van der Waals surface area contributed by atoms with Gasteiger partial charge in [-0.2, -0.15) is 0 Å². The first-order valence-electron chi connectivity index (χ1n) is 9.95. The predicted octanol–water partition coefficient (Wildman–Crippen LogP) is 4.24. The standard InChI is InChI=1S/C24H26N2O3S/c1-17-9-8-10-18(2)24(17)26(30(3,28)29)16-19(27)15-25-22-13-6-4-11-20(22)21-12-5-7-14-23(21)25/h4-14,19,27H,15-16H2,1-3H3/t19-/m1/s1. The Balaban J connectivity index is 1.72. The Morgan fingerprint density at radius 1 is 0.867 bits per heavy atom. The molecule has 0 saturated heterocycles. The Bertz CT molecular complexity index is 1250. The Morgan fingerprint density at radius 2 is 1.37 bits per heavy atom. The first-order valence-corrected chi connectivity index (χ1v) is 11.8. The molecule has 156 valence electrons. The third-order valence-electron chi connectivity index (χ3n) is 5.54. The Labute approximate surface area is 177 Å². The minimum atomic E-state index is -3.56. The number of rotatable bonds is 6. The van der Waals surface area contributed by atoms with Gasteiger partial charge in [-0.3, -0.25) is 4.31 Å².